The third-order valence-electron chi connectivity index (χ3n) is 4.77. The average Bonchev–Trinajstić information content (AvgIpc) is 2.93. The van der Waals surface area contributed by atoms with Gasteiger partial charge in [0.2, 0.25) is 0 Å². The summed E-state index contributed by atoms with van der Waals surface area (Å²) in [7, 11) is 0. The van der Waals surface area contributed by atoms with Crippen molar-refractivity contribution in [2.45, 2.75) is 18.9 Å². The summed E-state index contributed by atoms with van der Waals surface area (Å²) in [5.41, 5.74) is 2.36. The molecule has 1 heterocycles. The van der Waals surface area contributed by atoms with Crippen LogP contribution in [-0.2, 0) is 14.4 Å². The number of para-hydroxylation sites is 1. The molecule has 130 valence electrons. The van der Waals surface area contributed by atoms with Crippen LogP contribution < -0.4 is 5.32 Å². The number of allylic oxidation sites excluding steroid dienone is 3. The van der Waals surface area contributed by atoms with E-state index in [0.29, 0.717) is 29.7 Å². The lowest BCUT2D eigenvalue weighted by molar-refractivity contribution is -0.134. The van der Waals surface area contributed by atoms with Crippen LogP contribution in [0.4, 0.5) is 5.69 Å². The van der Waals surface area contributed by atoms with Gasteiger partial charge in [-0.25, -0.2) is 4.90 Å². The minimum atomic E-state index is -0.349. The number of nitrogens with zero attached hydrogens (tertiary/aromatic N) is 1. The molecule has 1 N–H and O–H groups in total. The number of anilines is 1. The van der Waals surface area contributed by atoms with Gasteiger partial charge in [-0.2, -0.15) is 0 Å². The van der Waals surface area contributed by atoms with Crippen LogP contribution in [0.25, 0.3) is 0 Å². The van der Waals surface area contributed by atoms with E-state index in [1.807, 2.05) is 42.5 Å². The molecule has 2 aliphatic carbocycles. The molecule has 5 heteroatoms. The third-order valence-corrected chi connectivity index (χ3v) is 4.77. The fraction of sp³-hybridized carbons (Fsp3) is 0.190. The molecule has 1 aliphatic heterocycles. The first-order chi connectivity index (χ1) is 12.7. The molecule has 1 fully saturated rings. The highest BCUT2D eigenvalue weighted by molar-refractivity contribution is 6.26. The Hall–Kier alpha value is -3.21. The molecule has 1 aromatic rings. The van der Waals surface area contributed by atoms with E-state index in [-0.39, 0.29) is 23.8 Å². The number of carbonyl (C=O) groups is 3. The molecule has 2 amide bonds. The van der Waals surface area contributed by atoms with E-state index >= 15 is 0 Å². The molecule has 0 aromatic heterocycles. The quantitative estimate of drug-likeness (QED) is 0.672. The lowest BCUT2D eigenvalue weighted by Gasteiger charge is -2.22. The zero-order valence-electron chi connectivity index (χ0n) is 14.1. The largest absolute Gasteiger partial charge is 0.379 e. The lowest BCUT2D eigenvalue weighted by Crippen LogP contribution is -2.30. The van der Waals surface area contributed by atoms with Crippen molar-refractivity contribution in [3.63, 3.8) is 0 Å². The van der Waals surface area contributed by atoms with Crippen LogP contribution in [0, 0.1) is 5.92 Å². The number of nitrogens with one attached hydrogen (secondary N) is 1. The van der Waals surface area contributed by atoms with Crippen molar-refractivity contribution >= 4 is 23.8 Å². The smallest absolute Gasteiger partial charge is 0.265 e. The first-order valence-corrected chi connectivity index (χ1v) is 8.64. The Morgan fingerprint density at radius 3 is 2.46 bits per heavy atom. The number of fused-ring (bicyclic) bond motifs is 1. The number of likely N-dealkylation sites (tertiary alicyclic amines) is 1. The first-order valence-electron chi connectivity index (χ1n) is 8.64. The van der Waals surface area contributed by atoms with E-state index < -0.39 is 0 Å². The summed E-state index contributed by atoms with van der Waals surface area (Å²) in [6.07, 6.45) is 10.9. The zero-order valence-corrected chi connectivity index (χ0v) is 14.1. The molecular formula is C21H18N2O3. The molecule has 0 bridgehead atoms. The van der Waals surface area contributed by atoms with Gasteiger partial charge in [0.25, 0.3) is 11.8 Å². The summed E-state index contributed by atoms with van der Waals surface area (Å²) in [6, 6.07) is 9.99. The maximum Gasteiger partial charge on any atom is 0.265 e. The van der Waals surface area contributed by atoms with Gasteiger partial charge in [-0.05, 0) is 31.1 Å². The van der Waals surface area contributed by atoms with Crippen LogP contribution in [-0.4, -0.2) is 29.0 Å². The Labute approximate surface area is 151 Å². The van der Waals surface area contributed by atoms with Crippen LogP contribution in [0.5, 0.6) is 0 Å². The number of hydrogen-bond donors (Lipinski definition) is 1. The summed E-state index contributed by atoms with van der Waals surface area (Å²) in [5, 5.41) is 3.40. The number of benzene rings is 1. The summed E-state index contributed by atoms with van der Waals surface area (Å²) >= 11 is 0. The maximum atomic E-state index is 12.7. The molecule has 1 aromatic carbocycles. The fourth-order valence-electron chi connectivity index (χ4n) is 3.42. The van der Waals surface area contributed by atoms with Crippen LogP contribution in [0.1, 0.15) is 12.8 Å². The molecule has 2 atom stereocenters. The Morgan fingerprint density at radius 1 is 1.00 bits per heavy atom. The van der Waals surface area contributed by atoms with Crippen LogP contribution >= 0.6 is 0 Å². The van der Waals surface area contributed by atoms with Crippen molar-refractivity contribution in [2.75, 3.05) is 5.32 Å². The van der Waals surface area contributed by atoms with Gasteiger partial charge in [0.15, 0.2) is 0 Å². The van der Waals surface area contributed by atoms with Gasteiger partial charge in [0.1, 0.15) is 6.29 Å². The molecule has 0 radical (unpaired) electrons. The van der Waals surface area contributed by atoms with Crippen molar-refractivity contribution < 1.29 is 14.4 Å². The minimum absolute atomic E-state index is 0.106. The van der Waals surface area contributed by atoms with Crippen molar-refractivity contribution in [1.29, 1.82) is 0 Å². The van der Waals surface area contributed by atoms with E-state index in [2.05, 4.69) is 5.32 Å². The third kappa shape index (κ3) is 2.81. The zero-order chi connectivity index (χ0) is 18.1. The van der Waals surface area contributed by atoms with Gasteiger partial charge in [-0.3, -0.25) is 9.59 Å². The highest BCUT2D eigenvalue weighted by Gasteiger charge is 2.41. The molecule has 4 rings (SSSR count). The number of carbonyl (C=O) groups excluding carboxylic acids is 3. The lowest BCUT2D eigenvalue weighted by atomic mass is 9.93. The second-order valence-electron chi connectivity index (χ2n) is 6.52. The predicted octanol–water partition coefficient (Wildman–Crippen LogP) is 2.75. The van der Waals surface area contributed by atoms with E-state index in [0.717, 1.165) is 12.0 Å². The highest BCUT2D eigenvalue weighted by Crippen LogP contribution is 2.34. The molecular weight excluding hydrogens is 328 g/mol. The minimum Gasteiger partial charge on any atom is -0.379 e. The van der Waals surface area contributed by atoms with Crippen molar-refractivity contribution in [3.05, 3.63) is 77.6 Å². The second kappa shape index (κ2) is 6.59. The topological polar surface area (TPSA) is 66.5 Å². The molecule has 0 saturated carbocycles. The van der Waals surface area contributed by atoms with Crippen molar-refractivity contribution in [3.8, 4) is 0 Å². The van der Waals surface area contributed by atoms with E-state index in [9.17, 15) is 14.4 Å². The number of amides is 2. The SMILES string of the molecule is O=CC1C=C2C(=O)N(C3=CC[C@H](Nc4ccccc4)C=C3)C(=O)C2=CC1. The van der Waals surface area contributed by atoms with Gasteiger partial charge in [0, 0.05) is 34.5 Å². The standard InChI is InChI=1S/C21H18N2O3/c24-13-14-6-11-18-19(12-14)21(26)23(20(18)25)17-9-7-16(8-10-17)22-15-4-2-1-3-5-15/h1-5,7,9-14,16,22H,6,8H2/t14?,16-/m1/s1. The molecule has 3 aliphatic rings. The normalized spacial score (nSPS) is 24.6. The number of rotatable bonds is 4. The Balaban J connectivity index is 1.51. The van der Waals surface area contributed by atoms with E-state index in [1.54, 1.807) is 18.2 Å². The number of aldehydes is 1. The average molecular weight is 346 g/mol. The van der Waals surface area contributed by atoms with Crippen LogP contribution in [0.2, 0.25) is 0 Å². The molecule has 0 spiro atoms. The van der Waals surface area contributed by atoms with Crippen molar-refractivity contribution in [2.24, 2.45) is 5.92 Å². The van der Waals surface area contributed by atoms with Crippen LogP contribution in [0.15, 0.2) is 77.6 Å². The maximum absolute atomic E-state index is 12.7. The molecule has 1 saturated heterocycles. The summed E-state index contributed by atoms with van der Waals surface area (Å²) in [4.78, 5) is 37.5. The fourth-order valence-corrected chi connectivity index (χ4v) is 3.42. The van der Waals surface area contributed by atoms with Gasteiger partial charge in [-0.15, -0.1) is 0 Å². The summed E-state index contributed by atoms with van der Waals surface area (Å²) < 4.78 is 0. The molecule has 1 unspecified atom stereocenters. The predicted molar refractivity (Wildman–Crippen MR) is 97.9 cm³/mol. The Morgan fingerprint density at radius 2 is 1.77 bits per heavy atom. The number of imide groups is 1. The van der Waals surface area contributed by atoms with Gasteiger partial charge >= 0.3 is 0 Å². The van der Waals surface area contributed by atoms with Gasteiger partial charge < -0.3 is 10.1 Å². The van der Waals surface area contributed by atoms with Gasteiger partial charge in [-0.1, -0.05) is 42.5 Å². The first kappa shape index (κ1) is 16.3. The summed E-state index contributed by atoms with van der Waals surface area (Å²) in [5.74, 6) is -0.991. The van der Waals surface area contributed by atoms with E-state index in [4.69, 9.17) is 0 Å². The number of hydrogen-bond acceptors (Lipinski definition) is 4. The van der Waals surface area contributed by atoms with Crippen molar-refractivity contribution in [1.82, 2.24) is 4.90 Å². The van der Waals surface area contributed by atoms with Gasteiger partial charge in [0.05, 0.1) is 0 Å². The summed E-state index contributed by atoms with van der Waals surface area (Å²) in [6.45, 7) is 0. The highest BCUT2D eigenvalue weighted by atomic mass is 16.2. The monoisotopic (exact) mass is 346 g/mol. The molecule has 5 nitrogen and oxygen atoms in total. The molecule has 26 heavy (non-hydrogen) atoms. The van der Waals surface area contributed by atoms with E-state index in [1.165, 1.54) is 4.90 Å². The Kier molecular flexibility index (Phi) is 4.13. The Bertz CT molecular complexity index is 893. The second-order valence-corrected chi connectivity index (χ2v) is 6.52. The van der Waals surface area contributed by atoms with Crippen LogP contribution in [0.3, 0.4) is 0 Å².